The second-order valence-corrected chi connectivity index (χ2v) is 8.45. The molecule has 3 aromatic rings. The molecule has 178 valence electrons. The Morgan fingerprint density at radius 1 is 1.14 bits per heavy atom. The number of aromatic nitrogens is 2. The highest BCUT2D eigenvalue weighted by atomic mass is 15.2. The lowest BCUT2D eigenvalue weighted by atomic mass is 10.0. The molecular formula is C29H32N6. The highest BCUT2D eigenvalue weighted by Crippen LogP contribution is 2.32. The minimum atomic E-state index is 0.109. The standard InChI is InChI=1S/C29H32N6/c1-4-25(23-8-6-5-7-9-23)33-29-32-17-14-26(34-29)28(35-18-15-22(20-30)16-19-35)27(31-3)24-12-10-21(2)11-13-24/h5-18,25H,3-4,19-20,30H2,1-2H3,(H,32,33,34)/b28-27-. The van der Waals surface area contributed by atoms with Crippen LogP contribution in [0.3, 0.4) is 0 Å². The van der Waals surface area contributed by atoms with Crippen LogP contribution in [0.25, 0.3) is 11.4 Å². The molecule has 2 aromatic carbocycles. The van der Waals surface area contributed by atoms with E-state index in [-0.39, 0.29) is 6.04 Å². The minimum absolute atomic E-state index is 0.109. The van der Waals surface area contributed by atoms with E-state index in [4.69, 9.17) is 10.7 Å². The van der Waals surface area contributed by atoms with Gasteiger partial charge in [-0.15, -0.1) is 0 Å². The SMILES string of the molecule is C=N/C(=C(/c1ccnc(NC(CC)c2ccccc2)n1)N1C=CC(CN)=CC1)c1ccc(C)cc1. The summed E-state index contributed by atoms with van der Waals surface area (Å²) in [7, 11) is 0. The summed E-state index contributed by atoms with van der Waals surface area (Å²) >= 11 is 0. The van der Waals surface area contributed by atoms with Crippen molar-refractivity contribution in [2.24, 2.45) is 10.7 Å². The van der Waals surface area contributed by atoms with Gasteiger partial charge in [-0.3, -0.25) is 4.99 Å². The fraction of sp³-hybridized carbons (Fsp3) is 0.207. The maximum Gasteiger partial charge on any atom is 0.223 e. The van der Waals surface area contributed by atoms with Gasteiger partial charge in [0.15, 0.2) is 0 Å². The van der Waals surface area contributed by atoms with Gasteiger partial charge in [0, 0.05) is 31.0 Å². The van der Waals surface area contributed by atoms with Crippen LogP contribution in [0.1, 0.15) is 41.8 Å². The second-order valence-electron chi connectivity index (χ2n) is 8.45. The number of rotatable bonds is 9. The van der Waals surface area contributed by atoms with Gasteiger partial charge in [-0.05, 0) is 43.3 Å². The molecular weight excluding hydrogens is 432 g/mol. The molecule has 0 amide bonds. The molecule has 1 unspecified atom stereocenters. The smallest absolute Gasteiger partial charge is 0.223 e. The van der Waals surface area contributed by atoms with Crippen molar-refractivity contribution in [2.45, 2.75) is 26.3 Å². The van der Waals surface area contributed by atoms with Gasteiger partial charge >= 0.3 is 0 Å². The summed E-state index contributed by atoms with van der Waals surface area (Å²) in [5.41, 5.74) is 12.7. The molecule has 4 rings (SSSR count). The van der Waals surface area contributed by atoms with Crippen molar-refractivity contribution in [3.8, 4) is 0 Å². The third-order valence-corrected chi connectivity index (χ3v) is 6.06. The maximum absolute atomic E-state index is 5.85. The van der Waals surface area contributed by atoms with E-state index in [1.165, 1.54) is 11.1 Å². The van der Waals surface area contributed by atoms with E-state index in [1.807, 2.05) is 36.5 Å². The first-order valence-corrected chi connectivity index (χ1v) is 11.9. The molecule has 1 aliphatic heterocycles. The lowest BCUT2D eigenvalue weighted by Gasteiger charge is -2.27. The molecule has 0 radical (unpaired) electrons. The Balaban J connectivity index is 1.77. The molecule has 1 aliphatic rings. The fourth-order valence-corrected chi connectivity index (χ4v) is 4.09. The van der Waals surface area contributed by atoms with Crippen LogP contribution in [0, 0.1) is 6.92 Å². The van der Waals surface area contributed by atoms with Gasteiger partial charge in [0.2, 0.25) is 5.95 Å². The summed E-state index contributed by atoms with van der Waals surface area (Å²) < 4.78 is 0. The van der Waals surface area contributed by atoms with Crippen molar-refractivity contribution < 1.29 is 0 Å². The van der Waals surface area contributed by atoms with Gasteiger partial charge in [0.1, 0.15) is 0 Å². The molecule has 3 N–H and O–H groups in total. The summed E-state index contributed by atoms with van der Waals surface area (Å²) in [4.78, 5) is 16.0. The van der Waals surface area contributed by atoms with Crippen LogP contribution >= 0.6 is 0 Å². The summed E-state index contributed by atoms with van der Waals surface area (Å²) in [6.45, 7) is 9.29. The number of hydrogen-bond donors (Lipinski definition) is 2. The van der Waals surface area contributed by atoms with Crippen LogP contribution in [0.4, 0.5) is 5.95 Å². The summed E-state index contributed by atoms with van der Waals surface area (Å²) in [5, 5.41) is 3.51. The zero-order valence-corrected chi connectivity index (χ0v) is 20.4. The van der Waals surface area contributed by atoms with Crippen molar-refractivity contribution in [2.75, 3.05) is 18.4 Å². The van der Waals surface area contributed by atoms with Gasteiger partial charge < -0.3 is 16.0 Å². The highest BCUT2D eigenvalue weighted by Gasteiger charge is 2.20. The average Bonchev–Trinajstić information content (AvgIpc) is 2.91. The minimum Gasteiger partial charge on any atom is -0.347 e. The summed E-state index contributed by atoms with van der Waals surface area (Å²) in [6.07, 6.45) is 8.88. The Bertz CT molecular complexity index is 1240. The number of nitrogens with zero attached hydrogens (tertiary/aromatic N) is 4. The molecule has 0 bridgehead atoms. The van der Waals surface area contributed by atoms with Crippen molar-refractivity contribution >= 4 is 24.1 Å². The normalized spacial score (nSPS) is 14.7. The molecule has 0 fully saturated rings. The third kappa shape index (κ3) is 5.73. The van der Waals surface area contributed by atoms with Crippen molar-refractivity contribution in [1.82, 2.24) is 14.9 Å². The molecule has 6 nitrogen and oxygen atoms in total. The lowest BCUT2D eigenvalue weighted by Crippen LogP contribution is -2.22. The van der Waals surface area contributed by atoms with Crippen LogP contribution in [0.15, 0.2) is 95.8 Å². The number of anilines is 1. The molecule has 0 saturated heterocycles. The summed E-state index contributed by atoms with van der Waals surface area (Å²) in [5.74, 6) is 0.571. The maximum atomic E-state index is 5.85. The van der Waals surface area contributed by atoms with E-state index in [2.05, 4.69) is 83.2 Å². The number of nitrogens with two attached hydrogens (primary N) is 1. The first kappa shape index (κ1) is 24.1. The predicted octanol–water partition coefficient (Wildman–Crippen LogP) is 5.59. The van der Waals surface area contributed by atoms with E-state index in [0.717, 1.165) is 34.6 Å². The first-order chi connectivity index (χ1) is 17.1. The molecule has 6 heteroatoms. The molecule has 0 saturated carbocycles. The Labute approximate surface area is 207 Å². The quantitative estimate of drug-likeness (QED) is 0.404. The Kier molecular flexibility index (Phi) is 7.85. The van der Waals surface area contributed by atoms with Crippen LogP contribution in [0.2, 0.25) is 0 Å². The highest BCUT2D eigenvalue weighted by molar-refractivity contribution is 5.90. The van der Waals surface area contributed by atoms with Gasteiger partial charge in [0.25, 0.3) is 0 Å². The Morgan fingerprint density at radius 3 is 2.54 bits per heavy atom. The van der Waals surface area contributed by atoms with Gasteiger partial charge in [-0.1, -0.05) is 73.2 Å². The predicted molar refractivity (Wildman–Crippen MR) is 146 cm³/mol. The van der Waals surface area contributed by atoms with E-state index >= 15 is 0 Å². The number of benzene rings is 2. The summed E-state index contributed by atoms with van der Waals surface area (Å²) in [6, 6.07) is 20.7. The largest absolute Gasteiger partial charge is 0.347 e. The first-order valence-electron chi connectivity index (χ1n) is 11.9. The van der Waals surface area contributed by atoms with Gasteiger partial charge in [0.05, 0.1) is 23.1 Å². The number of nitrogens with one attached hydrogen (secondary N) is 1. The van der Waals surface area contributed by atoms with E-state index in [0.29, 0.717) is 19.0 Å². The topological polar surface area (TPSA) is 79.4 Å². The zero-order valence-electron chi connectivity index (χ0n) is 20.4. The number of aliphatic imine (C=N–C) groups is 1. The molecule has 0 spiro atoms. The Morgan fingerprint density at radius 2 is 1.91 bits per heavy atom. The van der Waals surface area contributed by atoms with Crippen molar-refractivity contribution in [1.29, 1.82) is 0 Å². The second kappa shape index (κ2) is 11.4. The van der Waals surface area contributed by atoms with Crippen LogP contribution in [-0.4, -0.2) is 34.7 Å². The van der Waals surface area contributed by atoms with Crippen molar-refractivity contribution in [3.05, 3.63) is 113 Å². The molecule has 2 heterocycles. The zero-order chi connectivity index (χ0) is 24.6. The van der Waals surface area contributed by atoms with Crippen molar-refractivity contribution in [3.63, 3.8) is 0 Å². The van der Waals surface area contributed by atoms with Crippen LogP contribution in [0.5, 0.6) is 0 Å². The monoisotopic (exact) mass is 464 g/mol. The molecule has 35 heavy (non-hydrogen) atoms. The van der Waals surface area contributed by atoms with E-state index < -0.39 is 0 Å². The molecule has 1 atom stereocenters. The van der Waals surface area contributed by atoms with E-state index in [1.54, 1.807) is 6.20 Å². The Hall–Kier alpha value is -4.03. The average molecular weight is 465 g/mol. The lowest BCUT2D eigenvalue weighted by molar-refractivity contribution is 0.580. The molecule has 1 aromatic heterocycles. The van der Waals surface area contributed by atoms with Gasteiger partial charge in [-0.25, -0.2) is 9.97 Å². The number of hydrogen-bond acceptors (Lipinski definition) is 6. The molecule has 0 aliphatic carbocycles. The fourth-order valence-electron chi connectivity index (χ4n) is 4.09. The van der Waals surface area contributed by atoms with Gasteiger partial charge in [-0.2, -0.15) is 0 Å². The third-order valence-electron chi connectivity index (χ3n) is 6.06. The van der Waals surface area contributed by atoms with Crippen LogP contribution < -0.4 is 11.1 Å². The van der Waals surface area contributed by atoms with E-state index in [9.17, 15) is 0 Å². The van der Waals surface area contributed by atoms with Crippen LogP contribution in [-0.2, 0) is 0 Å². The number of aryl methyl sites for hydroxylation is 1.